The summed E-state index contributed by atoms with van der Waals surface area (Å²) in [5.41, 5.74) is 2.14. The second-order valence-electron chi connectivity index (χ2n) is 5.42. The number of carbonyl (C=O) groups excluding carboxylic acids is 1. The number of hydrogen-bond acceptors (Lipinski definition) is 1. The van der Waals surface area contributed by atoms with E-state index in [2.05, 4.69) is 20.8 Å². The van der Waals surface area contributed by atoms with Gasteiger partial charge in [-0.2, -0.15) is 0 Å². The van der Waals surface area contributed by atoms with E-state index in [9.17, 15) is 4.79 Å². The molecule has 0 aliphatic carbocycles. The van der Waals surface area contributed by atoms with E-state index in [1.165, 1.54) is 0 Å². The quantitative estimate of drug-likeness (QED) is 0.708. The molecule has 0 bridgehead atoms. The van der Waals surface area contributed by atoms with Crippen LogP contribution in [-0.4, -0.2) is 5.78 Å². The summed E-state index contributed by atoms with van der Waals surface area (Å²) in [6.45, 7) is 8.20. The Labute approximate surface area is 103 Å². The van der Waals surface area contributed by atoms with Gasteiger partial charge in [-0.05, 0) is 48.9 Å². The Hall–Kier alpha value is -0.820. The minimum absolute atomic E-state index is 0.112. The Morgan fingerprint density at radius 2 is 1.94 bits per heavy atom. The van der Waals surface area contributed by atoms with E-state index in [1.54, 1.807) is 13.0 Å². The van der Waals surface area contributed by atoms with Crippen LogP contribution in [0.15, 0.2) is 18.2 Å². The number of rotatable bonds is 3. The van der Waals surface area contributed by atoms with Gasteiger partial charge in [0.2, 0.25) is 0 Å². The van der Waals surface area contributed by atoms with Gasteiger partial charge in [0.15, 0.2) is 5.78 Å². The zero-order valence-corrected chi connectivity index (χ0v) is 11.2. The molecular weight excluding hydrogens is 220 g/mol. The van der Waals surface area contributed by atoms with Crippen molar-refractivity contribution in [3.8, 4) is 0 Å². The lowest BCUT2D eigenvalue weighted by atomic mass is 9.87. The summed E-state index contributed by atoms with van der Waals surface area (Å²) < 4.78 is 0. The third kappa shape index (κ3) is 3.97. The maximum Gasteiger partial charge on any atom is 0.160 e. The van der Waals surface area contributed by atoms with Gasteiger partial charge in [0, 0.05) is 10.6 Å². The molecule has 0 unspecified atom stereocenters. The Bertz CT molecular complexity index is 388. The highest BCUT2D eigenvalue weighted by Crippen LogP contribution is 2.24. The van der Waals surface area contributed by atoms with Crippen molar-refractivity contribution in [3.05, 3.63) is 34.3 Å². The number of halogens is 1. The number of aryl methyl sites for hydroxylation is 1. The molecule has 0 aliphatic heterocycles. The molecule has 2 heteroatoms. The maximum atomic E-state index is 11.5. The lowest BCUT2D eigenvalue weighted by molar-refractivity contribution is 0.101. The van der Waals surface area contributed by atoms with Crippen LogP contribution in [0.5, 0.6) is 0 Å². The van der Waals surface area contributed by atoms with Crippen LogP contribution in [0.4, 0.5) is 0 Å². The Morgan fingerprint density at radius 3 is 2.44 bits per heavy atom. The third-order valence-electron chi connectivity index (χ3n) is 2.59. The Kier molecular flexibility index (Phi) is 4.15. The van der Waals surface area contributed by atoms with Crippen molar-refractivity contribution in [2.24, 2.45) is 5.41 Å². The van der Waals surface area contributed by atoms with Crippen LogP contribution < -0.4 is 0 Å². The summed E-state index contributed by atoms with van der Waals surface area (Å²) in [5.74, 6) is 0.112. The van der Waals surface area contributed by atoms with E-state index >= 15 is 0 Å². The van der Waals surface area contributed by atoms with Gasteiger partial charge in [-0.25, -0.2) is 0 Å². The van der Waals surface area contributed by atoms with Crippen LogP contribution in [0.2, 0.25) is 5.02 Å². The molecule has 1 aromatic carbocycles. The minimum Gasteiger partial charge on any atom is -0.295 e. The normalized spacial score (nSPS) is 11.6. The Balaban J connectivity index is 2.93. The SMILES string of the molecule is CC(=O)c1ccc(Cl)cc1CCC(C)(C)C. The van der Waals surface area contributed by atoms with Gasteiger partial charge < -0.3 is 0 Å². The van der Waals surface area contributed by atoms with Crippen molar-refractivity contribution in [1.82, 2.24) is 0 Å². The average molecular weight is 239 g/mol. The van der Waals surface area contributed by atoms with Gasteiger partial charge in [-0.15, -0.1) is 0 Å². The number of ketones is 1. The van der Waals surface area contributed by atoms with Crippen molar-refractivity contribution in [2.45, 2.75) is 40.5 Å². The van der Waals surface area contributed by atoms with Crippen LogP contribution in [0, 0.1) is 5.41 Å². The Morgan fingerprint density at radius 1 is 1.31 bits per heavy atom. The molecule has 0 saturated heterocycles. The first-order chi connectivity index (χ1) is 7.29. The molecule has 0 fully saturated rings. The van der Waals surface area contributed by atoms with E-state index in [-0.39, 0.29) is 11.2 Å². The monoisotopic (exact) mass is 238 g/mol. The molecule has 88 valence electrons. The second kappa shape index (κ2) is 5.01. The fourth-order valence-corrected chi connectivity index (χ4v) is 1.82. The molecule has 1 aromatic rings. The van der Waals surface area contributed by atoms with Crippen molar-refractivity contribution in [2.75, 3.05) is 0 Å². The van der Waals surface area contributed by atoms with E-state index in [4.69, 9.17) is 11.6 Å². The van der Waals surface area contributed by atoms with Gasteiger partial charge in [-0.1, -0.05) is 32.4 Å². The van der Waals surface area contributed by atoms with Crippen LogP contribution in [0.25, 0.3) is 0 Å². The fourth-order valence-electron chi connectivity index (χ4n) is 1.62. The summed E-state index contributed by atoms with van der Waals surface area (Å²) >= 11 is 5.96. The van der Waals surface area contributed by atoms with Crippen molar-refractivity contribution in [1.29, 1.82) is 0 Å². The fraction of sp³-hybridized carbons (Fsp3) is 0.500. The standard InChI is InChI=1S/C14H19ClO/c1-10(16)13-6-5-12(15)9-11(13)7-8-14(2,3)4/h5-6,9H,7-8H2,1-4H3. The highest BCUT2D eigenvalue weighted by Gasteiger charge is 2.13. The first kappa shape index (κ1) is 13.2. The number of hydrogen-bond donors (Lipinski definition) is 0. The molecule has 0 aliphatic rings. The van der Waals surface area contributed by atoms with Gasteiger partial charge in [0.1, 0.15) is 0 Å². The van der Waals surface area contributed by atoms with Crippen molar-refractivity contribution < 1.29 is 4.79 Å². The third-order valence-corrected chi connectivity index (χ3v) is 2.83. The van der Waals surface area contributed by atoms with E-state index < -0.39 is 0 Å². The van der Waals surface area contributed by atoms with Crippen LogP contribution in [-0.2, 0) is 6.42 Å². The first-order valence-electron chi connectivity index (χ1n) is 5.59. The van der Waals surface area contributed by atoms with E-state index in [0.717, 1.165) is 24.0 Å². The molecule has 0 heterocycles. The molecule has 0 atom stereocenters. The average Bonchev–Trinajstić information content (AvgIpc) is 2.13. The molecule has 0 spiro atoms. The minimum atomic E-state index is 0.112. The van der Waals surface area contributed by atoms with Crippen LogP contribution >= 0.6 is 11.6 Å². The summed E-state index contributed by atoms with van der Waals surface area (Å²) in [6, 6.07) is 5.51. The predicted molar refractivity (Wildman–Crippen MR) is 69.2 cm³/mol. The summed E-state index contributed by atoms with van der Waals surface area (Å²) in [4.78, 5) is 11.5. The summed E-state index contributed by atoms with van der Waals surface area (Å²) in [5, 5.41) is 0.703. The largest absolute Gasteiger partial charge is 0.295 e. The highest BCUT2D eigenvalue weighted by molar-refractivity contribution is 6.30. The number of benzene rings is 1. The predicted octanol–water partition coefficient (Wildman–Crippen LogP) is 4.52. The van der Waals surface area contributed by atoms with Gasteiger partial charge in [0.25, 0.3) is 0 Å². The van der Waals surface area contributed by atoms with Gasteiger partial charge >= 0.3 is 0 Å². The number of carbonyl (C=O) groups is 1. The van der Waals surface area contributed by atoms with Gasteiger partial charge in [0.05, 0.1) is 0 Å². The molecule has 0 radical (unpaired) electrons. The second-order valence-corrected chi connectivity index (χ2v) is 5.85. The van der Waals surface area contributed by atoms with Crippen LogP contribution in [0.3, 0.4) is 0 Å². The van der Waals surface area contributed by atoms with E-state index in [1.807, 2.05) is 12.1 Å². The molecular formula is C14H19ClO. The molecule has 0 amide bonds. The molecule has 0 aromatic heterocycles. The van der Waals surface area contributed by atoms with E-state index in [0.29, 0.717) is 5.02 Å². The molecule has 0 N–H and O–H groups in total. The number of Topliss-reactive ketones (excluding diaryl/α,β-unsaturated/α-hetero) is 1. The molecule has 16 heavy (non-hydrogen) atoms. The zero-order valence-electron chi connectivity index (χ0n) is 10.4. The maximum absolute atomic E-state index is 11.5. The topological polar surface area (TPSA) is 17.1 Å². The van der Waals surface area contributed by atoms with Crippen LogP contribution in [0.1, 0.15) is 50.0 Å². The summed E-state index contributed by atoms with van der Waals surface area (Å²) in [7, 11) is 0. The smallest absolute Gasteiger partial charge is 0.160 e. The molecule has 1 nitrogen and oxygen atoms in total. The first-order valence-corrected chi connectivity index (χ1v) is 5.97. The highest BCUT2D eigenvalue weighted by atomic mass is 35.5. The van der Waals surface area contributed by atoms with Crippen molar-refractivity contribution >= 4 is 17.4 Å². The zero-order chi connectivity index (χ0) is 12.3. The lowest BCUT2D eigenvalue weighted by Crippen LogP contribution is -2.08. The van der Waals surface area contributed by atoms with Gasteiger partial charge in [-0.3, -0.25) is 4.79 Å². The molecule has 1 rings (SSSR count). The summed E-state index contributed by atoms with van der Waals surface area (Å²) in [6.07, 6.45) is 1.95. The van der Waals surface area contributed by atoms with Crippen molar-refractivity contribution in [3.63, 3.8) is 0 Å². The lowest BCUT2D eigenvalue weighted by Gasteiger charge is -2.18. The molecule has 0 saturated carbocycles.